The molecule has 1 aliphatic carbocycles. The highest BCUT2D eigenvalue weighted by Crippen LogP contribution is 1.98. The lowest BCUT2D eigenvalue weighted by molar-refractivity contribution is 0.275. The highest BCUT2D eigenvalue weighted by atomic mass is 16.3. The molecule has 1 rings (SSSR count). The van der Waals surface area contributed by atoms with Gasteiger partial charge in [-0.1, -0.05) is 6.08 Å². The van der Waals surface area contributed by atoms with Crippen molar-refractivity contribution in [3.8, 4) is 0 Å². The van der Waals surface area contributed by atoms with Crippen molar-refractivity contribution in [2.24, 2.45) is 4.99 Å². The Balaban J connectivity index is 2.48. The second-order valence-electron chi connectivity index (χ2n) is 2.44. The van der Waals surface area contributed by atoms with Crippen molar-refractivity contribution in [1.82, 2.24) is 0 Å². The molecule has 1 N–H and O–H groups in total. The molecule has 0 aromatic rings. The zero-order valence-electron chi connectivity index (χ0n) is 6.49. The molecule has 0 amide bonds. The Bertz CT molecular complexity index is 244. The average molecular weight is 149 g/mol. The molecule has 0 radical (unpaired) electrons. The molecule has 0 bridgehead atoms. The Labute approximate surface area is 66.3 Å². The second-order valence-corrected chi connectivity index (χ2v) is 2.44. The van der Waals surface area contributed by atoms with Gasteiger partial charge in [0.2, 0.25) is 0 Å². The van der Waals surface area contributed by atoms with Gasteiger partial charge in [0.25, 0.3) is 0 Å². The Morgan fingerprint density at radius 3 is 3.18 bits per heavy atom. The normalized spacial score (nSPS) is 17.8. The summed E-state index contributed by atoms with van der Waals surface area (Å²) in [5.74, 6) is 0. The predicted molar refractivity (Wildman–Crippen MR) is 45.8 cm³/mol. The average Bonchev–Trinajstić information content (AvgIpc) is 2.52. The van der Waals surface area contributed by atoms with Gasteiger partial charge in [-0.2, -0.15) is 0 Å². The predicted octanol–water partition coefficient (Wildman–Crippen LogP) is 1.09. The van der Waals surface area contributed by atoms with Crippen LogP contribution in [0.3, 0.4) is 0 Å². The van der Waals surface area contributed by atoms with Crippen LogP contribution in [0.15, 0.2) is 34.5 Å². The van der Waals surface area contributed by atoms with Gasteiger partial charge in [0.15, 0.2) is 0 Å². The first-order chi connectivity index (χ1) is 5.33. The van der Waals surface area contributed by atoms with E-state index in [1.165, 1.54) is 0 Å². The molecule has 58 valence electrons. The molecule has 0 aromatic carbocycles. The number of nitrogens with zero attached hydrogens (tertiary/aromatic N) is 1. The summed E-state index contributed by atoms with van der Waals surface area (Å²) in [6.07, 6.45) is 7.39. The number of aliphatic hydroxyl groups is 1. The van der Waals surface area contributed by atoms with Gasteiger partial charge < -0.3 is 5.11 Å². The molecular formula is C9H11NO. The van der Waals surface area contributed by atoms with E-state index in [0.717, 1.165) is 5.57 Å². The summed E-state index contributed by atoms with van der Waals surface area (Å²) in [4.78, 5) is 4.08. The van der Waals surface area contributed by atoms with Crippen LogP contribution in [0.4, 0.5) is 0 Å². The number of hydrogen-bond donors (Lipinski definition) is 1. The monoisotopic (exact) mass is 149 g/mol. The third kappa shape index (κ3) is 2.54. The summed E-state index contributed by atoms with van der Waals surface area (Å²) in [6, 6.07) is -0.0155. The van der Waals surface area contributed by atoms with Gasteiger partial charge >= 0.3 is 0 Å². The van der Waals surface area contributed by atoms with E-state index in [1.54, 1.807) is 6.21 Å². The molecule has 0 fully saturated rings. The molecule has 2 nitrogen and oxygen atoms in total. The molecule has 0 spiro atoms. The van der Waals surface area contributed by atoms with Gasteiger partial charge in [0.05, 0.1) is 12.6 Å². The van der Waals surface area contributed by atoms with Crippen LogP contribution in [0.1, 0.15) is 6.92 Å². The van der Waals surface area contributed by atoms with Crippen LogP contribution in [0.25, 0.3) is 0 Å². The Morgan fingerprint density at radius 2 is 2.64 bits per heavy atom. The van der Waals surface area contributed by atoms with E-state index < -0.39 is 0 Å². The fraction of sp³-hybridized carbons (Fsp3) is 0.333. The zero-order chi connectivity index (χ0) is 8.10. The first kappa shape index (κ1) is 7.99. The Morgan fingerprint density at radius 1 is 1.82 bits per heavy atom. The van der Waals surface area contributed by atoms with Gasteiger partial charge in [-0.25, -0.2) is 0 Å². The summed E-state index contributed by atoms with van der Waals surface area (Å²) < 4.78 is 0. The van der Waals surface area contributed by atoms with Crippen LogP contribution < -0.4 is 0 Å². The molecular weight excluding hydrogens is 138 g/mol. The van der Waals surface area contributed by atoms with Crippen LogP contribution in [0, 0.1) is 0 Å². The molecule has 0 saturated heterocycles. The molecule has 0 aromatic heterocycles. The van der Waals surface area contributed by atoms with Gasteiger partial charge in [-0.15, -0.1) is 5.73 Å². The Kier molecular flexibility index (Phi) is 2.84. The summed E-state index contributed by atoms with van der Waals surface area (Å²) in [5.41, 5.74) is 3.95. The molecule has 0 unspecified atom stereocenters. The molecule has 2 heteroatoms. The maximum atomic E-state index is 8.64. The standard InChI is InChI=1S/C9H11NO/c1-8(7-11)10-6-9-4-2-3-5-9/h2-4,6,8,11H,7H2,1H3/t8-/m0/s1. The van der Waals surface area contributed by atoms with Gasteiger partial charge in [0.1, 0.15) is 0 Å². The fourth-order valence-electron chi connectivity index (χ4n) is 0.679. The van der Waals surface area contributed by atoms with Gasteiger partial charge in [0, 0.05) is 11.8 Å². The maximum Gasteiger partial charge on any atom is 0.0702 e. The van der Waals surface area contributed by atoms with Crippen molar-refractivity contribution in [3.63, 3.8) is 0 Å². The topological polar surface area (TPSA) is 32.6 Å². The minimum absolute atomic E-state index is 0.0155. The highest BCUT2D eigenvalue weighted by Gasteiger charge is 1.93. The van der Waals surface area contributed by atoms with Crippen molar-refractivity contribution in [1.29, 1.82) is 0 Å². The first-order valence-corrected chi connectivity index (χ1v) is 3.60. The smallest absolute Gasteiger partial charge is 0.0702 e. The summed E-state index contributed by atoms with van der Waals surface area (Å²) >= 11 is 0. The second kappa shape index (κ2) is 3.91. The SMILES string of the molecule is C[C@@H](CO)N=CC1=C=CC=C1. The third-order valence-electron chi connectivity index (χ3n) is 1.35. The van der Waals surface area contributed by atoms with Crippen LogP contribution in [0.5, 0.6) is 0 Å². The molecule has 11 heavy (non-hydrogen) atoms. The molecule has 1 aliphatic rings. The minimum atomic E-state index is -0.0155. The largest absolute Gasteiger partial charge is 0.394 e. The van der Waals surface area contributed by atoms with Gasteiger partial charge in [-0.05, 0) is 19.1 Å². The van der Waals surface area contributed by atoms with Crippen molar-refractivity contribution in [2.45, 2.75) is 13.0 Å². The summed E-state index contributed by atoms with van der Waals surface area (Å²) in [6.45, 7) is 1.96. The molecule has 1 atom stereocenters. The van der Waals surface area contributed by atoms with E-state index in [0.29, 0.717) is 0 Å². The van der Waals surface area contributed by atoms with Crippen LogP contribution in [-0.2, 0) is 0 Å². The van der Waals surface area contributed by atoms with Crippen molar-refractivity contribution < 1.29 is 5.11 Å². The number of rotatable bonds is 3. The van der Waals surface area contributed by atoms with Crippen molar-refractivity contribution in [3.05, 3.63) is 29.5 Å². The van der Waals surface area contributed by atoms with E-state index in [1.807, 2.05) is 25.2 Å². The lowest BCUT2D eigenvalue weighted by Crippen LogP contribution is -2.03. The van der Waals surface area contributed by atoms with E-state index in [4.69, 9.17) is 5.11 Å². The maximum absolute atomic E-state index is 8.64. The number of aliphatic hydroxyl groups excluding tert-OH is 1. The zero-order valence-corrected chi connectivity index (χ0v) is 6.49. The lowest BCUT2D eigenvalue weighted by atomic mass is 10.3. The van der Waals surface area contributed by atoms with Gasteiger partial charge in [-0.3, -0.25) is 4.99 Å². The minimum Gasteiger partial charge on any atom is -0.394 e. The van der Waals surface area contributed by atoms with E-state index in [2.05, 4.69) is 10.7 Å². The van der Waals surface area contributed by atoms with Crippen LogP contribution in [0.2, 0.25) is 0 Å². The third-order valence-corrected chi connectivity index (χ3v) is 1.35. The molecule has 0 saturated carbocycles. The van der Waals surface area contributed by atoms with E-state index in [9.17, 15) is 0 Å². The summed E-state index contributed by atoms with van der Waals surface area (Å²) in [7, 11) is 0. The molecule has 0 heterocycles. The lowest BCUT2D eigenvalue weighted by Gasteiger charge is -1.97. The number of hydrogen-bond acceptors (Lipinski definition) is 2. The van der Waals surface area contributed by atoms with Crippen LogP contribution >= 0.6 is 0 Å². The summed E-state index contributed by atoms with van der Waals surface area (Å²) in [5, 5.41) is 8.64. The first-order valence-electron chi connectivity index (χ1n) is 3.60. The Hall–Kier alpha value is -1.11. The highest BCUT2D eigenvalue weighted by molar-refractivity contribution is 5.83. The number of allylic oxidation sites excluding steroid dienone is 3. The van der Waals surface area contributed by atoms with Crippen molar-refractivity contribution >= 4 is 6.21 Å². The van der Waals surface area contributed by atoms with Crippen molar-refractivity contribution in [2.75, 3.05) is 6.61 Å². The molecule has 0 aliphatic heterocycles. The van der Waals surface area contributed by atoms with E-state index >= 15 is 0 Å². The fourth-order valence-corrected chi connectivity index (χ4v) is 0.679. The number of aliphatic imine (C=N–C) groups is 1. The van der Waals surface area contributed by atoms with E-state index in [-0.39, 0.29) is 12.6 Å². The quantitative estimate of drug-likeness (QED) is 0.473. The van der Waals surface area contributed by atoms with Crippen LogP contribution in [-0.4, -0.2) is 24.0 Å².